The summed E-state index contributed by atoms with van der Waals surface area (Å²) in [5.74, 6) is 1.42. The number of ether oxygens (including phenoxy) is 1. The van der Waals surface area contributed by atoms with Gasteiger partial charge in [-0.3, -0.25) is 0 Å². The van der Waals surface area contributed by atoms with Gasteiger partial charge in [0.1, 0.15) is 29.5 Å². The number of hydrogen-bond acceptors (Lipinski definition) is 4. The highest BCUT2D eigenvalue weighted by molar-refractivity contribution is 5.86. The molecule has 0 spiro atoms. The first-order chi connectivity index (χ1) is 15.3. The van der Waals surface area contributed by atoms with Gasteiger partial charge in [-0.05, 0) is 48.0 Å². The van der Waals surface area contributed by atoms with Gasteiger partial charge in [0.25, 0.3) is 0 Å². The van der Waals surface area contributed by atoms with Crippen molar-refractivity contribution in [2.75, 3.05) is 36.0 Å². The number of benzene rings is 3. The molecule has 3 aromatic carbocycles. The molecule has 1 saturated heterocycles. The van der Waals surface area contributed by atoms with E-state index in [0.29, 0.717) is 12.4 Å². The van der Waals surface area contributed by atoms with E-state index in [2.05, 4.69) is 46.2 Å². The van der Waals surface area contributed by atoms with Gasteiger partial charge in [-0.2, -0.15) is 0 Å². The second-order valence-corrected chi connectivity index (χ2v) is 7.73. The van der Waals surface area contributed by atoms with Crippen LogP contribution >= 0.6 is 0 Å². The molecule has 0 radical (unpaired) electrons. The van der Waals surface area contributed by atoms with E-state index in [-0.39, 0.29) is 5.82 Å². The highest BCUT2D eigenvalue weighted by Gasteiger charge is 2.19. The Morgan fingerprint density at radius 2 is 1.55 bits per heavy atom. The topological polar surface area (TPSA) is 28.6 Å². The Morgan fingerprint density at radius 1 is 0.774 bits per heavy atom. The summed E-state index contributed by atoms with van der Waals surface area (Å²) in [4.78, 5) is 9.66. The summed E-state index contributed by atoms with van der Waals surface area (Å²) in [6, 6.07) is 27.1. The summed E-state index contributed by atoms with van der Waals surface area (Å²) in [6.07, 6.45) is 0. The van der Waals surface area contributed by atoms with Crippen LogP contribution in [0.5, 0.6) is 5.75 Å². The number of nitrogens with zero attached hydrogens (tertiary/aromatic N) is 3. The summed E-state index contributed by atoms with van der Waals surface area (Å²) in [6.45, 7) is 4.06. The van der Waals surface area contributed by atoms with Crippen molar-refractivity contribution >= 4 is 22.4 Å². The van der Waals surface area contributed by atoms with Crippen LogP contribution in [0.15, 0.2) is 84.9 Å². The molecule has 2 heterocycles. The summed E-state index contributed by atoms with van der Waals surface area (Å²) in [5.41, 5.74) is 2.90. The summed E-state index contributed by atoms with van der Waals surface area (Å²) >= 11 is 0. The zero-order chi connectivity index (χ0) is 21.0. The monoisotopic (exact) mass is 413 g/mol. The van der Waals surface area contributed by atoms with Crippen LogP contribution in [-0.2, 0) is 6.61 Å². The van der Waals surface area contributed by atoms with E-state index in [0.717, 1.165) is 48.5 Å². The van der Waals surface area contributed by atoms with Gasteiger partial charge in [0.2, 0.25) is 0 Å². The van der Waals surface area contributed by atoms with Crippen LogP contribution in [0.1, 0.15) is 5.56 Å². The maximum Gasteiger partial charge on any atom is 0.146 e. The van der Waals surface area contributed by atoms with E-state index in [1.807, 2.05) is 30.3 Å². The van der Waals surface area contributed by atoms with Gasteiger partial charge in [0.15, 0.2) is 0 Å². The molecule has 0 amide bonds. The Bertz CT molecular complexity index is 1170. The molecular formula is C26H24FN3O. The van der Waals surface area contributed by atoms with Crippen LogP contribution in [0, 0.1) is 5.82 Å². The average molecular weight is 413 g/mol. The Balaban J connectivity index is 1.33. The van der Waals surface area contributed by atoms with Crippen molar-refractivity contribution in [3.05, 3.63) is 96.3 Å². The minimum Gasteiger partial charge on any atom is -0.487 e. The molecule has 5 rings (SSSR count). The lowest BCUT2D eigenvalue weighted by Gasteiger charge is -2.36. The first-order valence-corrected chi connectivity index (χ1v) is 10.6. The van der Waals surface area contributed by atoms with Crippen molar-refractivity contribution in [2.45, 2.75) is 6.61 Å². The lowest BCUT2D eigenvalue weighted by atomic mass is 10.2. The number of para-hydroxylation sites is 2. The van der Waals surface area contributed by atoms with Crippen molar-refractivity contribution in [2.24, 2.45) is 0 Å². The molecule has 1 aliphatic heterocycles. The lowest BCUT2D eigenvalue weighted by Crippen LogP contribution is -2.46. The SMILES string of the molecule is Fc1cccc(COc2cccc3ccc(N4CCN(c5ccccc5)CC4)nc23)c1. The van der Waals surface area contributed by atoms with Crippen molar-refractivity contribution in [3.63, 3.8) is 0 Å². The van der Waals surface area contributed by atoms with Crippen LogP contribution in [-0.4, -0.2) is 31.2 Å². The smallest absolute Gasteiger partial charge is 0.146 e. The molecule has 1 aromatic heterocycles. The molecular weight excluding hydrogens is 389 g/mol. The van der Waals surface area contributed by atoms with Crippen LogP contribution < -0.4 is 14.5 Å². The van der Waals surface area contributed by atoms with Gasteiger partial charge in [0, 0.05) is 37.3 Å². The van der Waals surface area contributed by atoms with Crippen molar-refractivity contribution < 1.29 is 9.13 Å². The molecule has 0 N–H and O–H groups in total. The quantitative estimate of drug-likeness (QED) is 0.445. The van der Waals surface area contributed by atoms with E-state index in [1.54, 1.807) is 6.07 Å². The Labute approximate surface area is 181 Å². The number of anilines is 2. The zero-order valence-electron chi connectivity index (χ0n) is 17.2. The second kappa shape index (κ2) is 8.64. The molecule has 0 bridgehead atoms. The van der Waals surface area contributed by atoms with E-state index in [4.69, 9.17) is 9.72 Å². The first kappa shape index (κ1) is 19.4. The fourth-order valence-corrected chi connectivity index (χ4v) is 4.02. The maximum absolute atomic E-state index is 13.5. The number of halogens is 1. The predicted octanol–water partition coefficient (Wildman–Crippen LogP) is 5.28. The van der Waals surface area contributed by atoms with Gasteiger partial charge >= 0.3 is 0 Å². The van der Waals surface area contributed by atoms with Crippen molar-refractivity contribution in [1.82, 2.24) is 4.98 Å². The fraction of sp³-hybridized carbons (Fsp3) is 0.192. The number of pyridine rings is 1. The Hall–Kier alpha value is -3.60. The third-order valence-electron chi connectivity index (χ3n) is 5.68. The number of fused-ring (bicyclic) bond motifs is 1. The third-order valence-corrected chi connectivity index (χ3v) is 5.68. The molecule has 5 heteroatoms. The molecule has 1 fully saturated rings. The van der Waals surface area contributed by atoms with Crippen molar-refractivity contribution in [3.8, 4) is 5.75 Å². The van der Waals surface area contributed by atoms with E-state index in [1.165, 1.54) is 17.8 Å². The zero-order valence-corrected chi connectivity index (χ0v) is 17.2. The highest BCUT2D eigenvalue weighted by atomic mass is 19.1. The van der Waals surface area contributed by atoms with Gasteiger partial charge in [-0.15, -0.1) is 0 Å². The average Bonchev–Trinajstić information content (AvgIpc) is 2.83. The van der Waals surface area contributed by atoms with Crippen LogP contribution in [0.3, 0.4) is 0 Å². The second-order valence-electron chi connectivity index (χ2n) is 7.73. The number of rotatable bonds is 5. The Morgan fingerprint density at radius 3 is 2.35 bits per heavy atom. The fourth-order valence-electron chi connectivity index (χ4n) is 4.02. The minimum atomic E-state index is -0.255. The van der Waals surface area contributed by atoms with Gasteiger partial charge in [0.05, 0.1) is 0 Å². The lowest BCUT2D eigenvalue weighted by molar-refractivity contribution is 0.309. The molecule has 1 aliphatic rings. The molecule has 0 aliphatic carbocycles. The largest absolute Gasteiger partial charge is 0.487 e. The summed E-state index contributed by atoms with van der Waals surface area (Å²) in [7, 11) is 0. The molecule has 4 aromatic rings. The third kappa shape index (κ3) is 4.31. The van der Waals surface area contributed by atoms with E-state index < -0.39 is 0 Å². The van der Waals surface area contributed by atoms with Gasteiger partial charge in [-0.1, -0.05) is 42.5 Å². The Kier molecular flexibility index (Phi) is 5.40. The first-order valence-electron chi connectivity index (χ1n) is 10.6. The maximum atomic E-state index is 13.5. The summed E-state index contributed by atoms with van der Waals surface area (Å²) in [5, 5.41) is 1.03. The minimum absolute atomic E-state index is 0.255. The van der Waals surface area contributed by atoms with Crippen molar-refractivity contribution in [1.29, 1.82) is 0 Å². The standard InChI is InChI=1S/C26H24FN3O/c27-22-8-4-6-20(18-22)19-31-24-11-5-7-21-12-13-25(28-26(21)24)30-16-14-29(15-17-30)23-9-2-1-3-10-23/h1-13,18H,14-17,19H2. The summed E-state index contributed by atoms with van der Waals surface area (Å²) < 4.78 is 19.5. The van der Waals surface area contributed by atoms with E-state index in [9.17, 15) is 4.39 Å². The van der Waals surface area contributed by atoms with Crippen LogP contribution in [0.2, 0.25) is 0 Å². The molecule has 4 nitrogen and oxygen atoms in total. The molecule has 31 heavy (non-hydrogen) atoms. The molecule has 0 atom stereocenters. The highest BCUT2D eigenvalue weighted by Crippen LogP contribution is 2.28. The molecule has 0 saturated carbocycles. The van der Waals surface area contributed by atoms with Gasteiger partial charge in [-0.25, -0.2) is 9.37 Å². The predicted molar refractivity (Wildman–Crippen MR) is 123 cm³/mol. The number of aromatic nitrogens is 1. The van der Waals surface area contributed by atoms with E-state index >= 15 is 0 Å². The van der Waals surface area contributed by atoms with Crippen LogP contribution in [0.25, 0.3) is 10.9 Å². The molecule has 156 valence electrons. The molecule has 0 unspecified atom stereocenters. The normalized spacial score (nSPS) is 14.1. The van der Waals surface area contributed by atoms with Gasteiger partial charge < -0.3 is 14.5 Å². The van der Waals surface area contributed by atoms with Crippen LogP contribution in [0.4, 0.5) is 15.9 Å². The number of piperazine rings is 1. The number of hydrogen-bond donors (Lipinski definition) is 0.